The topological polar surface area (TPSA) is 59.1 Å². The first-order chi connectivity index (χ1) is 8.47. The molecule has 2 rings (SSSR count). The van der Waals surface area contributed by atoms with E-state index in [0.717, 1.165) is 11.3 Å². The van der Waals surface area contributed by atoms with Gasteiger partial charge in [-0.2, -0.15) is 0 Å². The minimum Gasteiger partial charge on any atom is -0.280 e. The predicted molar refractivity (Wildman–Crippen MR) is 71.0 cm³/mol. The fourth-order valence-electron chi connectivity index (χ4n) is 1.61. The van der Waals surface area contributed by atoms with Crippen LogP contribution >= 0.6 is 0 Å². The third-order valence-corrected chi connectivity index (χ3v) is 3.83. The molecule has 4 nitrogen and oxygen atoms in total. The molecule has 18 heavy (non-hydrogen) atoms. The van der Waals surface area contributed by atoms with E-state index < -0.39 is 10.0 Å². The Labute approximate surface area is 107 Å². The summed E-state index contributed by atoms with van der Waals surface area (Å²) >= 11 is 0. The fourth-order valence-corrected chi connectivity index (χ4v) is 2.76. The molecule has 94 valence electrons. The number of sulfonamides is 1. The van der Waals surface area contributed by atoms with Gasteiger partial charge in [0.1, 0.15) is 0 Å². The summed E-state index contributed by atoms with van der Waals surface area (Å²) in [5.74, 6) is 0. The number of nitrogens with zero attached hydrogens (tertiary/aromatic N) is 1. The quantitative estimate of drug-likeness (QED) is 0.924. The van der Waals surface area contributed by atoms with Crippen LogP contribution in [0.4, 0.5) is 5.69 Å². The van der Waals surface area contributed by atoms with Gasteiger partial charge in [-0.05, 0) is 43.7 Å². The van der Waals surface area contributed by atoms with Crippen LogP contribution in [0.3, 0.4) is 0 Å². The summed E-state index contributed by atoms with van der Waals surface area (Å²) in [5.41, 5.74) is 2.19. The zero-order valence-electron chi connectivity index (χ0n) is 10.2. The first kappa shape index (κ1) is 12.6. The van der Waals surface area contributed by atoms with Crippen molar-refractivity contribution in [1.29, 1.82) is 0 Å². The molecule has 0 aliphatic carbocycles. The van der Waals surface area contributed by atoms with Crippen molar-refractivity contribution >= 4 is 15.7 Å². The van der Waals surface area contributed by atoms with E-state index in [0.29, 0.717) is 5.69 Å². The Bertz CT molecular complexity index is 666. The molecule has 0 amide bonds. The molecule has 0 radical (unpaired) electrons. The number of hydrogen-bond donors (Lipinski definition) is 1. The van der Waals surface area contributed by atoms with E-state index in [4.69, 9.17) is 0 Å². The summed E-state index contributed by atoms with van der Waals surface area (Å²) in [7, 11) is -3.53. The average Bonchev–Trinajstić information content (AvgIpc) is 2.28. The molecule has 1 N–H and O–H groups in total. The Hall–Kier alpha value is -1.88. The Morgan fingerprint density at radius 2 is 1.89 bits per heavy atom. The third-order valence-electron chi connectivity index (χ3n) is 2.45. The van der Waals surface area contributed by atoms with Gasteiger partial charge in [0, 0.05) is 11.9 Å². The molecule has 0 saturated heterocycles. The van der Waals surface area contributed by atoms with E-state index in [1.807, 2.05) is 19.9 Å². The number of aryl methyl sites for hydroxylation is 2. The second-order valence-corrected chi connectivity index (χ2v) is 5.79. The zero-order chi connectivity index (χ0) is 13.2. The lowest BCUT2D eigenvalue weighted by Gasteiger charge is -2.08. The summed E-state index contributed by atoms with van der Waals surface area (Å²) < 4.78 is 26.8. The molecule has 0 unspecified atom stereocenters. The lowest BCUT2D eigenvalue weighted by molar-refractivity contribution is 0.601. The van der Waals surface area contributed by atoms with Crippen LogP contribution in [-0.4, -0.2) is 13.4 Å². The van der Waals surface area contributed by atoms with Crippen molar-refractivity contribution in [3.8, 4) is 0 Å². The second kappa shape index (κ2) is 4.78. The molecule has 0 saturated carbocycles. The van der Waals surface area contributed by atoms with Crippen LogP contribution in [-0.2, 0) is 10.0 Å². The molecule has 1 aromatic carbocycles. The SMILES string of the molecule is Cc1cccc(S(=O)(=O)Nc2ccnc(C)c2)c1. The number of nitrogens with one attached hydrogen (secondary N) is 1. The van der Waals surface area contributed by atoms with Crippen molar-refractivity contribution in [2.24, 2.45) is 0 Å². The maximum atomic E-state index is 12.1. The monoisotopic (exact) mass is 262 g/mol. The van der Waals surface area contributed by atoms with Crippen LogP contribution in [0.2, 0.25) is 0 Å². The van der Waals surface area contributed by atoms with Crippen molar-refractivity contribution < 1.29 is 8.42 Å². The first-order valence-electron chi connectivity index (χ1n) is 5.49. The lowest BCUT2D eigenvalue weighted by Crippen LogP contribution is -2.13. The van der Waals surface area contributed by atoms with E-state index in [-0.39, 0.29) is 4.90 Å². The first-order valence-corrected chi connectivity index (χ1v) is 6.98. The number of hydrogen-bond acceptors (Lipinski definition) is 3. The van der Waals surface area contributed by atoms with Crippen molar-refractivity contribution in [2.45, 2.75) is 18.7 Å². The van der Waals surface area contributed by atoms with Crippen molar-refractivity contribution in [3.05, 3.63) is 53.9 Å². The summed E-state index contributed by atoms with van der Waals surface area (Å²) in [4.78, 5) is 4.28. The minimum atomic E-state index is -3.53. The number of anilines is 1. The summed E-state index contributed by atoms with van der Waals surface area (Å²) in [6, 6.07) is 10.1. The van der Waals surface area contributed by atoms with Gasteiger partial charge in [-0.15, -0.1) is 0 Å². The maximum Gasteiger partial charge on any atom is 0.261 e. The van der Waals surface area contributed by atoms with Crippen LogP contribution in [0.5, 0.6) is 0 Å². The smallest absolute Gasteiger partial charge is 0.261 e. The van der Waals surface area contributed by atoms with Gasteiger partial charge in [0.05, 0.1) is 10.6 Å². The van der Waals surface area contributed by atoms with Crippen LogP contribution in [0.25, 0.3) is 0 Å². The van der Waals surface area contributed by atoms with Gasteiger partial charge in [-0.3, -0.25) is 9.71 Å². The van der Waals surface area contributed by atoms with Crippen molar-refractivity contribution in [3.63, 3.8) is 0 Å². The fraction of sp³-hybridized carbons (Fsp3) is 0.154. The highest BCUT2D eigenvalue weighted by atomic mass is 32.2. The van der Waals surface area contributed by atoms with Gasteiger partial charge in [0.2, 0.25) is 0 Å². The number of aromatic nitrogens is 1. The Kier molecular flexibility index (Phi) is 3.34. The van der Waals surface area contributed by atoms with Crippen molar-refractivity contribution in [1.82, 2.24) is 4.98 Å². The number of rotatable bonds is 3. The van der Waals surface area contributed by atoms with Crippen LogP contribution in [0.1, 0.15) is 11.3 Å². The van der Waals surface area contributed by atoms with Gasteiger partial charge in [-0.1, -0.05) is 12.1 Å². The molecule has 2 aromatic rings. The third kappa shape index (κ3) is 2.87. The van der Waals surface area contributed by atoms with E-state index in [1.165, 1.54) is 0 Å². The predicted octanol–water partition coefficient (Wildman–Crippen LogP) is 2.50. The second-order valence-electron chi connectivity index (χ2n) is 4.11. The van der Waals surface area contributed by atoms with Gasteiger partial charge in [0.15, 0.2) is 0 Å². The van der Waals surface area contributed by atoms with E-state index in [2.05, 4.69) is 9.71 Å². The van der Waals surface area contributed by atoms with Gasteiger partial charge in [0.25, 0.3) is 10.0 Å². The molecule has 0 fully saturated rings. The van der Waals surface area contributed by atoms with Gasteiger partial charge in [-0.25, -0.2) is 8.42 Å². The van der Waals surface area contributed by atoms with Crippen molar-refractivity contribution in [2.75, 3.05) is 4.72 Å². The maximum absolute atomic E-state index is 12.1. The lowest BCUT2D eigenvalue weighted by atomic mass is 10.2. The van der Waals surface area contributed by atoms with Crippen LogP contribution in [0, 0.1) is 13.8 Å². The van der Waals surface area contributed by atoms with Gasteiger partial charge < -0.3 is 0 Å². The highest BCUT2D eigenvalue weighted by Gasteiger charge is 2.13. The molecule has 0 aliphatic heterocycles. The Morgan fingerprint density at radius 1 is 1.11 bits per heavy atom. The molecular weight excluding hydrogens is 248 g/mol. The van der Waals surface area contributed by atoms with Gasteiger partial charge >= 0.3 is 0 Å². The van der Waals surface area contributed by atoms with E-state index in [1.54, 1.807) is 36.5 Å². The molecule has 1 heterocycles. The molecule has 0 spiro atoms. The number of benzene rings is 1. The molecule has 0 bridgehead atoms. The standard InChI is InChI=1S/C13H14N2O2S/c1-10-4-3-5-13(8-10)18(16,17)15-12-6-7-14-11(2)9-12/h3-9H,1-2H3,(H,14,15). The average molecular weight is 262 g/mol. The Morgan fingerprint density at radius 3 is 2.56 bits per heavy atom. The Balaban J connectivity index is 2.33. The van der Waals surface area contributed by atoms with E-state index >= 15 is 0 Å². The summed E-state index contributed by atoms with van der Waals surface area (Å²) in [5, 5.41) is 0. The van der Waals surface area contributed by atoms with E-state index in [9.17, 15) is 8.42 Å². The molecular formula is C13H14N2O2S. The van der Waals surface area contributed by atoms with Crippen LogP contribution < -0.4 is 4.72 Å². The summed E-state index contributed by atoms with van der Waals surface area (Å²) in [6.45, 7) is 3.67. The molecule has 5 heteroatoms. The molecule has 1 aromatic heterocycles. The highest BCUT2D eigenvalue weighted by molar-refractivity contribution is 7.92. The highest BCUT2D eigenvalue weighted by Crippen LogP contribution is 2.16. The number of pyridine rings is 1. The minimum absolute atomic E-state index is 0.261. The normalized spacial score (nSPS) is 11.2. The molecule has 0 aliphatic rings. The largest absolute Gasteiger partial charge is 0.280 e. The summed E-state index contributed by atoms with van der Waals surface area (Å²) in [6.07, 6.45) is 1.57. The van der Waals surface area contributed by atoms with Crippen LogP contribution in [0.15, 0.2) is 47.5 Å². The molecule has 0 atom stereocenters. The zero-order valence-corrected chi connectivity index (χ0v) is 11.0.